The van der Waals surface area contributed by atoms with Gasteiger partial charge in [-0.2, -0.15) is 0 Å². The predicted molar refractivity (Wildman–Crippen MR) is 108 cm³/mol. The van der Waals surface area contributed by atoms with E-state index in [0.29, 0.717) is 37.9 Å². The van der Waals surface area contributed by atoms with Crippen LogP contribution in [0.5, 0.6) is 11.6 Å². The lowest BCUT2D eigenvalue weighted by Crippen LogP contribution is -2.39. The molecule has 1 unspecified atom stereocenters. The lowest BCUT2D eigenvalue weighted by Gasteiger charge is -2.25. The molecule has 3 aromatic rings. The third-order valence-electron chi connectivity index (χ3n) is 4.72. The highest BCUT2D eigenvalue weighted by atomic mass is 19.1. The van der Waals surface area contributed by atoms with E-state index in [2.05, 4.69) is 10.3 Å². The molecule has 0 fully saturated rings. The molecule has 4 rings (SSSR count). The van der Waals surface area contributed by atoms with Crippen molar-refractivity contribution in [2.75, 3.05) is 26.3 Å². The van der Waals surface area contributed by atoms with Gasteiger partial charge in [-0.3, -0.25) is 0 Å². The summed E-state index contributed by atoms with van der Waals surface area (Å²) in [7, 11) is 0. The van der Waals surface area contributed by atoms with Crippen LogP contribution in [0.4, 0.5) is 8.78 Å². The summed E-state index contributed by atoms with van der Waals surface area (Å²) in [4.78, 5) is 4.16. The Balaban J connectivity index is 1.30. The highest BCUT2D eigenvalue weighted by molar-refractivity contribution is 5.34. The van der Waals surface area contributed by atoms with Crippen LogP contribution in [0.3, 0.4) is 0 Å². The maximum Gasteiger partial charge on any atom is 0.257 e. The van der Waals surface area contributed by atoms with Gasteiger partial charge in [0.1, 0.15) is 30.4 Å². The molecule has 0 saturated carbocycles. The Labute approximate surface area is 173 Å². The van der Waals surface area contributed by atoms with Crippen LogP contribution >= 0.6 is 0 Å². The van der Waals surface area contributed by atoms with Crippen LogP contribution in [0, 0.1) is 11.6 Å². The zero-order chi connectivity index (χ0) is 20.8. The fourth-order valence-electron chi connectivity index (χ4n) is 3.22. The number of aromatic nitrogens is 1. The monoisotopic (exact) mass is 412 g/mol. The van der Waals surface area contributed by atoms with Gasteiger partial charge in [-0.1, -0.05) is 24.3 Å². The maximum atomic E-state index is 13.3. The summed E-state index contributed by atoms with van der Waals surface area (Å²) in [6.07, 6.45) is 1.10. The second-order valence-corrected chi connectivity index (χ2v) is 6.92. The number of benzene rings is 2. The van der Waals surface area contributed by atoms with Gasteiger partial charge < -0.3 is 19.5 Å². The number of hydrogen-bond donors (Lipinski definition) is 1. The molecule has 1 aliphatic heterocycles. The zero-order valence-corrected chi connectivity index (χ0v) is 16.3. The third-order valence-corrected chi connectivity index (χ3v) is 4.72. The average molecular weight is 412 g/mol. The maximum absolute atomic E-state index is 13.3. The minimum absolute atomic E-state index is 0.141. The van der Waals surface area contributed by atoms with E-state index in [0.717, 1.165) is 11.1 Å². The fourth-order valence-corrected chi connectivity index (χ4v) is 3.22. The minimum atomic E-state index is -0.418. The van der Waals surface area contributed by atoms with Gasteiger partial charge in [0, 0.05) is 19.3 Å². The predicted octanol–water partition coefficient (Wildman–Crippen LogP) is 3.90. The molecular weight excluding hydrogens is 390 g/mol. The first-order valence-corrected chi connectivity index (χ1v) is 9.77. The fraction of sp³-hybridized carbons (Fsp3) is 0.261. The van der Waals surface area contributed by atoms with Crippen molar-refractivity contribution >= 4 is 0 Å². The van der Waals surface area contributed by atoms with E-state index in [-0.39, 0.29) is 17.7 Å². The van der Waals surface area contributed by atoms with Crippen molar-refractivity contribution in [3.63, 3.8) is 0 Å². The van der Waals surface area contributed by atoms with Crippen LogP contribution < -0.4 is 14.8 Å². The van der Waals surface area contributed by atoms with Gasteiger partial charge in [-0.05, 0) is 47.5 Å². The van der Waals surface area contributed by atoms with Crippen LogP contribution in [0.1, 0.15) is 17.2 Å². The number of halogens is 2. The largest absolute Gasteiger partial charge is 0.484 e. The first-order chi connectivity index (χ1) is 14.7. The normalized spacial score (nSPS) is 15.4. The SMILES string of the molecule is Fc1ccc(C(OCCNCC2COc3cccnc3O2)c2ccc(F)cc2)cc1. The summed E-state index contributed by atoms with van der Waals surface area (Å²) in [5.74, 6) is 0.520. The van der Waals surface area contributed by atoms with Crippen LogP contribution in [-0.2, 0) is 4.74 Å². The Morgan fingerprint density at radius 2 is 1.67 bits per heavy atom. The van der Waals surface area contributed by atoms with Gasteiger partial charge in [0.15, 0.2) is 5.75 Å². The van der Waals surface area contributed by atoms with Crippen molar-refractivity contribution in [2.45, 2.75) is 12.2 Å². The molecule has 7 heteroatoms. The Kier molecular flexibility index (Phi) is 6.51. The summed E-state index contributed by atoms with van der Waals surface area (Å²) in [5.41, 5.74) is 1.60. The molecule has 0 radical (unpaired) electrons. The lowest BCUT2D eigenvalue weighted by molar-refractivity contribution is 0.0686. The molecule has 1 aromatic heterocycles. The molecule has 2 aromatic carbocycles. The second-order valence-electron chi connectivity index (χ2n) is 6.92. The van der Waals surface area contributed by atoms with Gasteiger partial charge in [-0.25, -0.2) is 13.8 Å². The van der Waals surface area contributed by atoms with E-state index < -0.39 is 6.10 Å². The number of hydrogen-bond acceptors (Lipinski definition) is 5. The lowest BCUT2D eigenvalue weighted by atomic mass is 10.0. The molecule has 1 N–H and O–H groups in total. The number of nitrogens with one attached hydrogen (secondary N) is 1. The third kappa shape index (κ3) is 5.11. The van der Waals surface area contributed by atoms with Gasteiger partial charge in [0.05, 0.1) is 6.61 Å². The molecule has 2 heterocycles. The highest BCUT2D eigenvalue weighted by Gasteiger charge is 2.21. The topological polar surface area (TPSA) is 52.6 Å². The summed E-state index contributed by atoms with van der Waals surface area (Å²) < 4.78 is 44.1. The molecule has 156 valence electrons. The Bertz CT molecular complexity index is 906. The van der Waals surface area contributed by atoms with E-state index in [1.807, 2.05) is 6.07 Å². The molecule has 0 bridgehead atoms. The van der Waals surface area contributed by atoms with Crippen molar-refractivity contribution in [3.05, 3.63) is 89.6 Å². The molecule has 1 atom stereocenters. The van der Waals surface area contributed by atoms with Gasteiger partial charge in [0.2, 0.25) is 0 Å². The average Bonchev–Trinajstić information content (AvgIpc) is 2.78. The first kappa shape index (κ1) is 20.3. The summed E-state index contributed by atoms with van der Waals surface area (Å²) in [6, 6.07) is 15.9. The standard InChI is InChI=1S/C23H22F2N2O3/c24-18-7-3-16(4-8-18)22(17-5-9-19(25)10-6-17)28-13-12-26-14-20-15-29-21-2-1-11-27-23(21)30-20/h1-11,20,22,26H,12-15H2. The minimum Gasteiger partial charge on any atom is -0.484 e. The molecule has 0 spiro atoms. The molecule has 0 aliphatic carbocycles. The number of ether oxygens (including phenoxy) is 3. The number of pyridine rings is 1. The van der Waals surface area contributed by atoms with Crippen molar-refractivity contribution in [3.8, 4) is 11.6 Å². The Morgan fingerprint density at radius 3 is 2.33 bits per heavy atom. The molecule has 0 amide bonds. The van der Waals surface area contributed by atoms with Crippen molar-refractivity contribution < 1.29 is 23.0 Å². The Hall–Kier alpha value is -3.03. The van der Waals surface area contributed by atoms with Crippen LogP contribution in [0.25, 0.3) is 0 Å². The molecule has 1 aliphatic rings. The Morgan fingerprint density at radius 1 is 1.00 bits per heavy atom. The van der Waals surface area contributed by atoms with E-state index in [1.54, 1.807) is 36.5 Å². The summed E-state index contributed by atoms with van der Waals surface area (Å²) >= 11 is 0. The van der Waals surface area contributed by atoms with Crippen LogP contribution in [0.2, 0.25) is 0 Å². The van der Waals surface area contributed by atoms with Gasteiger partial charge in [0.25, 0.3) is 5.88 Å². The van der Waals surface area contributed by atoms with Gasteiger partial charge >= 0.3 is 0 Å². The van der Waals surface area contributed by atoms with Crippen molar-refractivity contribution in [1.82, 2.24) is 10.3 Å². The van der Waals surface area contributed by atoms with E-state index in [4.69, 9.17) is 14.2 Å². The van der Waals surface area contributed by atoms with Crippen molar-refractivity contribution in [1.29, 1.82) is 0 Å². The quantitative estimate of drug-likeness (QED) is 0.569. The van der Waals surface area contributed by atoms with Crippen molar-refractivity contribution in [2.24, 2.45) is 0 Å². The number of nitrogens with zero attached hydrogens (tertiary/aromatic N) is 1. The number of fused-ring (bicyclic) bond motifs is 1. The zero-order valence-electron chi connectivity index (χ0n) is 16.3. The first-order valence-electron chi connectivity index (χ1n) is 9.77. The molecule has 30 heavy (non-hydrogen) atoms. The van der Waals surface area contributed by atoms with E-state index in [1.165, 1.54) is 24.3 Å². The molecule has 5 nitrogen and oxygen atoms in total. The van der Waals surface area contributed by atoms with E-state index >= 15 is 0 Å². The van der Waals surface area contributed by atoms with Crippen LogP contribution in [-0.4, -0.2) is 37.4 Å². The van der Waals surface area contributed by atoms with E-state index in [9.17, 15) is 8.78 Å². The smallest absolute Gasteiger partial charge is 0.257 e. The molecular formula is C23H22F2N2O3. The summed E-state index contributed by atoms with van der Waals surface area (Å²) in [6.45, 7) is 2.01. The summed E-state index contributed by atoms with van der Waals surface area (Å²) in [5, 5.41) is 3.28. The van der Waals surface area contributed by atoms with Crippen LogP contribution in [0.15, 0.2) is 66.9 Å². The highest BCUT2D eigenvalue weighted by Crippen LogP contribution is 2.28. The molecule has 0 saturated heterocycles. The second kappa shape index (κ2) is 9.65. The van der Waals surface area contributed by atoms with Gasteiger partial charge in [-0.15, -0.1) is 0 Å². The number of rotatable bonds is 8.